The molecule has 0 saturated carbocycles. The number of nitrogens with zero attached hydrogens (tertiary/aromatic N) is 2. The average molecular weight is 236 g/mol. The van der Waals surface area contributed by atoms with E-state index in [-0.39, 0.29) is 23.7 Å². The van der Waals surface area contributed by atoms with E-state index in [1.54, 1.807) is 17.2 Å². The Morgan fingerprint density at radius 1 is 1.41 bits per heavy atom. The van der Waals surface area contributed by atoms with Gasteiger partial charge in [-0.3, -0.25) is 9.59 Å². The van der Waals surface area contributed by atoms with Crippen molar-refractivity contribution in [2.45, 2.75) is 6.54 Å². The Morgan fingerprint density at radius 2 is 2.12 bits per heavy atom. The van der Waals surface area contributed by atoms with Gasteiger partial charge in [0.05, 0.1) is 5.69 Å². The van der Waals surface area contributed by atoms with E-state index in [0.717, 1.165) is 13.1 Å². The molecule has 1 amide bonds. The molecule has 0 spiro atoms. The van der Waals surface area contributed by atoms with Crippen molar-refractivity contribution in [1.82, 2.24) is 14.8 Å². The van der Waals surface area contributed by atoms with Gasteiger partial charge in [0.25, 0.3) is 5.56 Å². The van der Waals surface area contributed by atoms with Crippen molar-refractivity contribution >= 4 is 11.6 Å². The maximum Gasteiger partial charge on any atom is 0.274 e. The number of nitrogen functional groups attached to an aromatic ring is 1. The lowest BCUT2D eigenvalue weighted by Gasteiger charge is -2.27. The summed E-state index contributed by atoms with van der Waals surface area (Å²) in [5, 5.41) is 3.17. The summed E-state index contributed by atoms with van der Waals surface area (Å²) in [6.07, 6.45) is 1.58. The van der Waals surface area contributed by atoms with Crippen LogP contribution in [0.2, 0.25) is 0 Å². The molecule has 6 nitrogen and oxygen atoms in total. The number of carbonyl (C=O) groups is 1. The average Bonchev–Trinajstić information content (AvgIpc) is 2.36. The predicted molar refractivity (Wildman–Crippen MR) is 64.6 cm³/mol. The minimum absolute atomic E-state index is 0.0424. The summed E-state index contributed by atoms with van der Waals surface area (Å²) >= 11 is 0. The van der Waals surface area contributed by atoms with Crippen LogP contribution in [0.25, 0.3) is 0 Å². The number of rotatable bonds is 2. The second kappa shape index (κ2) is 5.01. The van der Waals surface area contributed by atoms with Gasteiger partial charge in [-0.1, -0.05) is 0 Å². The van der Waals surface area contributed by atoms with Gasteiger partial charge in [-0.15, -0.1) is 0 Å². The first kappa shape index (κ1) is 11.7. The highest BCUT2D eigenvalue weighted by Gasteiger charge is 2.16. The van der Waals surface area contributed by atoms with Gasteiger partial charge in [-0.25, -0.2) is 0 Å². The lowest BCUT2D eigenvalue weighted by molar-refractivity contribution is -0.132. The van der Waals surface area contributed by atoms with Crippen LogP contribution in [-0.2, 0) is 11.3 Å². The zero-order valence-electron chi connectivity index (χ0n) is 9.56. The lowest BCUT2D eigenvalue weighted by atomic mass is 10.3. The molecular formula is C11H16N4O2. The van der Waals surface area contributed by atoms with Gasteiger partial charge in [0.15, 0.2) is 0 Å². The van der Waals surface area contributed by atoms with Gasteiger partial charge in [-0.2, -0.15) is 0 Å². The molecule has 0 atom stereocenters. The molecule has 0 radical (unpaired) electrons. The second-order valence-electron chi connectivity index (χ2n) is 4.03. The van der Waals surface area contributed by atoms with E-state index in [1.165, 1.54) is 10.6 Å². The summed E-state index contributed by atoms with van der Waals surface area (Å²) in [5.74, 6) is -0.0424. The van der Waals surface area contributed by atoms with Crippen LogP contribution in [0.1, 0.15) is 0 Å². The molecule has 1 fully saturated rings. The van der Waals surface area contributed by atoms with Crippen molar-refractivity contribution in [3.05, 3.63) is 28.7 Å². The molecule has 0 aromatic carbocycles. The van der Waals surface area contributed by atoms with Crippen molar-refractivity contribution in [2.24, 2.45) is 0 Å². The molecule has 1 saturated heterocycles. The smallest absolute Gasteiger partial charge is 0.274 e. The summed E-state index contributed by atoms with van der Waals surface area (Å²) in [6.45, 7) is 3.05. The van der Waals surface area contributed by atoms with E-state index in [2.05, 4.69) is 5.32 Å². The highest BCUT2D eigenvalue weighted by molar-refractivity contribution is 5.76. The molecule has 2 heterocycles. The van der Waals surface area contributed by atoms with Crippen molar-refractivity contribution in [1.29, 1.82) is 0 Å². The fourth-order valence-electron chi connectivity index (χ4n) is 1.84. The largest absolute Gasteiger partial charge is 0.394 e. The third-order valence-electron chi connectivity index (χ3n) is 2.82. The van der Waals surface area contributed by atoms with Gasteiger partial charge in [0, 0.05) is 32.4 Å². The molecule has 2 rings (SSSR count). The lowest BCUT2D eigenvalue weighted by Crippen LogP contribution is -2.48. The van der Waals surface area contributed by atoms with E-state index in [9.17, 15) is 9.59 Å². The van der Waals surface area contributed by atoms with E-state index in [1.807, 2.05) is 0 Å². The van der Waals surface area contributed by atoms with Crippen molar-refractivity contribution in [3.8, 4) is 0 Å². The maximum atomic E-state index is 11.9. The number of hydrogen-bond acceptors (Lipinski definition) is 4. The molecular weight excluding hydrogens is 220 g/mol. The number of carbonyl (C=O) groups excluding carboxylic acids is 1. The first-order valence-corrected chi connectivity index (χ1v) is 5.62. The Kier molecular flexibility index (Phi) is 3.43. The molecule has 1 aliphatic heterocycles. The number of anilines is 1. The summed E-state index contributed by atoms with van der Waals surface area (Å²) in [5.41, 5.74) is 5.36. The third-order valence-corrected chi connectivity index (χ3v) is 2.82. The van der Waals surface area contributed by atoms with Crippen LogP contribution in [-0.4, -0.2) is 41.6 Å². The van der Waals surface area contributed by atoms with Crippen LogP contribution >= 0.6 is 0 Å². The van der Waals surface area contributed by atoms with Crippen LogP contribution in [0.3, 0.4) is 0 Å². The van der Waals surface area contributed by atoms with Gasteiger partial charge < -0.3 is 20.5 Å². The first-order chi connectivity index (χ1) is 8.18. The second-order valence-corrected chi connectivity index (χ2v) is 4.03. The summed E-state index contributed by atoms with van der Waals surface area (Å²) < 4.78 is 1.35. The van der Waals surface area contributed by atoms with Gasteiger partial charge >= 0.3 is 0 Å². The van der Waals surface area contributed by atoms with Crippen molar-refractivity contribution in [3.63, 3.8) is 0 Å². The number of nitrogens with two attached hydrogens (primary N) is 1. The van der Waals surface area contributed by atoms with Crippen molar-refractivity contribution in [2.75, 3.05) is 31.9 Å². The number of nitrogens with one attached hydrogen (secondary N) is 1. The predicted octanol–water partition coefficient (Wildman–Crippen LogP) is -1.14. The van der Waals surface area contributed by atoms with Gasteiger partial charge in [-0.05, 0) is 12.1 Å². The van der Waals surface area contributed by atoms with Crippen LogP contribution in [0.5, 0.6) is 0 Å². The van der Waals surface area contributed by atoms with Crippen LogP contribution in [0.15, 0.2) is 23.1 Å². The fraction of sp³-hybridized carbons (Fsp3) is 0.455. The van der Waals surface area contributed by atoms with E-state index < -0.39 is 0 Å². The SMILES string of the molecule is Nc1cccn(CC(=O)N2CCNCC2)c1=O. The molecule has 1 aromatic heterocycles. The van der Waals surface area contributed by atoms with E-state index in [0.29, 0.717) is 13.1 Å². The summed E-state index contributed by atoms with van der Waals surface area (Å²) in [6, 6.07) is 3.20. The molecule has 1 aliphatic rings. The summed E-state index contributed by atoms with van der Waals surface area (Å²) in [7, 11) is 0. The van der Waals surface area contributed by atoms with Crippen LogP contribution < -0.4 is 16.6 Å². The monoisotopic (exact) mass is 236 g/mol. The van der Waals surface area contributed by atoms with Crippen LogP contribution in [0.4, 0.5) is 5.69 Å². The quantitative estimate of drug-likeness (QED) is 0.680. The van der Waals surface area contributed by atoms with E-state index in [4.69, 9.17) is 5.73 Å². The molecule has 0 unspecified atom stereocenters. The van der Waals surface area contributed by atoms with Gasteiger partial charge in [0.1, 0.15) is 6.54 Å². The minimum atomic E-state index is -0.309. The third kappa shape index (κ3) is 2.65. The van der Waals surface area contributed by atoms with Crippen molar-refractivity contribution < 1.29 is 4.79 Å². The number of amides is 1. The minimum Gasteiger partial charge on any atom is -0.394 e. The Bertz CT molecular complexity index is 463. The number of pyridine rings is 1. The molecule has 6 heteroatoms. The molecule has 3 N–H and O–H groups in total. The highest BCUT2D eigenvalue weighted by atomic mass is 16.2. The maximum absolute atomic E-state index is 11.9. The topological polar surface area (TPSA) is 80.4 Å². The molecule has 0 bridgehead atoms. The zero-order chi connectivity index (χ0) is 12.3. The summed E-state index contributed by atoms with van der Waals surface area (Å²) in [4.78, 5) is 25.3. The zero-order valence-corrected chi connectivity index (χ0v) is 9.56. The Labute approximate surface area is 99.0 Å². The highest BCUT2D eigenvalue weighted by Crippen LogP contribution is 1.97. The Morgan fingerprint density at radius 3 is 2.82 bits per heavy atom. The Hall–Kier alpha value is -1.82. The molecule has 1 aromatic rings. The van der Waals surface area contributed by atoms with E-state index >= 15 is 0 Å². The fourth-order valence-corrected chi connectivity index (χ4v) is 1.84. The number of hydrogen-bond donors (Lipinski definition) is 2. The standard InChI is InChI=1S/C11H16N4O2/c12-9-2-1-5-15(11(9)17)8-10(16)14-6-3-13-4-7-14/h1-2,5,13H,3-4,6-8,12H2. The molecule has 0 aliphatic carbocycles. The molecule has 17 heavy (non-hydrogen) atoms. The molecule has 92 valence electrons. The number of piperazine rings is 1. The van der Waals surface area contributed by atoms with Crippen LogP contribution in [0, 0.1) is 0 Å². The normalized spacial score (nSPS) is 15.9. The first-order valence-electron chi connectivity index (χ1n) is 5.62. The Balaban J connectivity index is 2.07. The number of aromatic nitrogens is 1. The van der Waals surface area contributed by atoms with Gasteiger partial charge in [0.2, 0.25) is 5.91 Å².